The van der Waals surface area contributed by atoms with Crippen LogP contribution in [0, 0.1) is 0 Å². The molecule has 0 saturated carbocycles. The third-order valence-corrected chi connectivity index (χ3v) is 5.45. The SMILES string of the molecule is c1ccc2c(c1)Cc1c(ccc3ccsc13)S2. The Labute approximate surface area is 108 Å². The first kappa shape index (κ1) is 9.75. The molecule has 3 aromatic rings. The highest BCUT2D eigenvalue weighted by atomic mass is 32.2. The molecule has 1 aliphatic heterocycles. The molecule has 0 fully saturated rings. The minimum Gasteiger partial charge on any atom is -0.143 e. The molecule has 2 heterocycles. The van der Waals surface area contributed by atoms with Gasteiger partial charge in [0, 0.05) is 20.9 Å². The molecule has 82 valence electrons. The van der Waals surface area contributed by atoms with Crippen molar-refractivity contribution in [2.24, 2.45) is 0 Å². The average molecular weight is 254 g/mol. The predicted molar refractivity (Wildman–Crippen MR) is 75.2 cm³/mol. The van der Waals surface area contributed by atoms with Crippen molar-refractivity contribution in [3.05, 3.63) is 59.0 Å². The highest BCUT2D eigenvalue weighted by Crippen LogP contribution is 2.43. The summed E-state index contributed by atoms with van der Waals surface area (Å²) in [6.45, 7) is 0. The van der Waals surface area contributed by atoms with Gasteiger partial charge in [0.05, 0.1) is 0 Å². The van der Waals surface area contributed by atoms with Crippen LogP contribution >= 0.6 is 23.1 Å². The van der Waals surface area contributed by atoms with Crippen LogP contribution in [0.5, 0.6) is 0 Å². The maximum Gasteiger partial charge on any atom is 0.0389 e. The van der Waals surface area contributed by atoms with Crippen molar-refractivity contribution in [2.75, 3.05) is 0 Å². The van der Waals surface area contributed by atoms with Gasteiger partial charge in [-0.2, -0.15) is 0 Å². The van der Waals surface area contributed by atoms with E-state index in [2.05, 4.69) is 47.8 Å². The van der Waals surface area contributed by atoms with Gasteiger partial charge in [-0.25, -0.2) is 0 Å². The fourth-order valence-corrected chi connectivity index (χ4v) is 4.50. The minimum atomic E-state index is 1.08. The van der Waals surface area contributed by atoms with Crippen molar-refractivity contribution in [1.82, 2.24) is 0 Å². The Balaban J connectivity index is 1.98. The lowest BCUT2D eigenvalue weighted by molar-refractivity contribution is 1.08. The van der Waals surface area contributed by atoms with Crippen LogP contribution in [0.25, 0.3) is 10.1 Å². The molecule has 0 bridgehead atoms. The van der Waals surface area contributed by atoms with Crippen molar-refractivity contribution in [2.45, 2.75) is 16.2 Å². The molecule has 0 nitrogen and oxygen atoms in total. The Hall–Kier alpha value is -1.25. The highest BCUT2D eigenvalue weighted by molar-refractivity contribution is 7.99. The Morgan fingerprint density at radius 2 is 1.82 bits per heavy atom. The summed E-state index contributed by atoms with van der Waals surface area (Å²) in [4.78, 5) is 2.84. The van der Waals surface area contributed by atoms with E-state index in [0.29, 0.717) is 0 Å². The molecule has 0 spiro atoms. The van der Waals surface area contributed by atoms with E-state index in [1.807, 2.05) is 23.1 Å². The van der Waals surface area contributed by atoms with Gasteiger partial charge in [-0.05, 0) is 40.1 Å². The molecule has 1 aliphatic rings. The normalized spacial score (nSPS) is 13.4. The first-order chi connectivity index (χ1) is 8.42. The number of benzene rings is 2. The van der Waals surface area contributed by atoms with Gasteiger partial charge in [-0.1, -0.05) is 36.0 Å². The van der Waals surface area contributed by atoms with E-state index in [9.17, 15) is 0 Å². The van der Waals surface area contributed by atoms with E-state index in [-0.39, 0.29) is 0 Å². The van der Waals surface area contributed by atoms with Gasteiger partial charge >= 0.3 is 0 Å². The van der Waals surface area contributed by atoms with Gasteiger partial charge in [0.2, 0.25) is 0 Å². The molecule has 17 heavy (non-hydrogen) atoms. The molecule has 0 amide bonds. The Bertz CT molecular complexity index is 710. The van der Waals surface area contributed by atoms with Crippen LogP contribution in [0.4, 0.5) is 0 Å². The molecule has 0 unspecified atom stereocenters. The fraction of sp³-hybridized carbons (Fsp3) is 0.0667. The topological polar surface area (TPSA) is 0 Å². The van der Waals surface area contributed by atoms with Crippen LogP contribution < -0.4 is 0 Å². The fourth-order valence-electron chi connectivity index (χ4n) is 2.40. The van der Waals surface area contributed by atoms with Crippen molar-refractivity contribution < 1.29 is 0 Å². The van der Waals surface area contributed by atoms with Crippen LogP contribution in [-0.4, -0.2) is 0 Å². The average Bonchev–Trinajstić information content (AvgIpc) is 2.85. The van der Waals surface area contributed by atoms with Crippen LogP contribution in [-0.2, 0) is 6.42 Å². The van der Waals surface area contributed by atoms with Crippen LogP contribution in [0.1, 0.15) is 11.1 Å². The molecule has 1 aromatic heterocycles. The molecule has 2 aromatic carbocycles. The quantitative estimate of drug-likeness (QED) is 0.427. The zero-order valence-corrected chi connectivity index (χ0v) is 10.8. The Morgan fingerprint density at radius 3 is 2.82 bits per heavy atom. The molecule has 0 atom stereocenters. The van der Waals surface area contributed by atoms with Crippen molar-refractivity contribution in [3.8, 4) is 0 Å². The number of thiophene rings is 1. The maximum atomic E-state index is 2.27. The van der Waals surface area contributed by atoms with E-state index >= 15 is 0 Å². The molecule has 0 saturated heterocycles. The van der Waals surface area contributed by atoms with Crippen LogP contribution in [0.15, 0.2) is 57.6 Å². The van der Waals surface area contributed by atoms with Crippen LogP contribution in [0.3, 0.4) is 0 Å². The lowest BCUT2D eigenvalue weighted by atomic mass is 10.0. The number of fused-ring (bicyclic) bond motifs is 4. The van der Waals surface area contributed by atoms with E-state index in [1.54, 1.807) is 0 Å². The van der Waals surface area contributed by atoms with Gasteiger partial charge in [-0.3, -0.25) is 0 Å². The number of hydrogen-bond acceptors (Lipinski definition) is 2. The van der Waals surface area contributed by atoms with Gasteiger partial charge in [-0.15, -0.1) is 11.3 Å². The third kappa shape index (κ3) is 1.44. The highest BCUT2D eigenvalue weighted by Gasteiger charge is 2.18. The molecule has 0 N–H and O–H groups in total. The second-order valence-electron chi connectivity index (χ2n) is 4.27. The first-order valence-electron chi connectivity index (χ1n) is 5.67. The Morgan fingerprint density at radius 1 is 0.882 bits per heavy atom. The first-order valence-corrected chi connectivity index (χ1v) is 7.36. The third-order valence-electron chi connectivity index (χ3n) is 3.24. The lowest BCUT2D eigenvalue weighted by Crippen LogP contribution is -1.99. The summed E-state index contributed by atoms with van der Waals surface area (Å²) in [6, 6.07) is 15.5. The van der Waals surface area contributed by atoms with E-state index in [0.717, 1.165) is 6.42 Å². The molecule has 0 radical (unpaired) electrons. The van der Waals surface area contributed by atoms with Gasteiger partial charge in [0.1, 0.15) is 0 Å². The van der Waals surface area contributed by atoms with Crippen LogP contribution in [0.2, 0.25) is 0 Å². The standard InChI is InChI=1S/C15H10S2/c1-2-4-13-11(3-1)9-12-14(17-13)6-5-10-7-8-16-15(10)12/h1-8H,9H2. The number of hydrogen-bond donors (Lipinski definition) is 0. The number of rotatable bonds is 0. The van der Waals surface area contributed by atoms with Gasteiger partial charge < -0.3 is 0 Å². The molecular weight excluding hydrogens is 244 g/mol. The van der Waals surface area contributed by atoms with E-state index in [1.165, 1.54) is 31.0 Å². The zero-order chi connectivity index (χ0) is 11.2. The zero-order valence-electron chi connectivity index (χ0n) is 9.14. The predicted octanol–water partition coefficient (Wildman–Crippen LogP) is 4.96. The van der Waals surface area contributed by atoms with E-state index < -0.39 is 0 Å². The molecule has 0 aliphatic carbocycles. The maximum absolute atomic E-state index is 2.27. The van der Waals surface area contributed by atoms with Crippen molar-refractivity contribution >= 4 is 33.2 Å². The second kappa shape index (κ2) is 3.62. The van der Waals surface area contributed by atoms with E-state index in [4.69, 9.17) is 0 Å². The summed E-state index contributed by atoms with van der Waals surface area (Å²) >= 11 is 3.77. The van der Waals surface area contributed by atoms with Crippen molar-refractivity contribution in [1.29, 1.82) is 0 Å². The summed E-state index contributed by atoms with van der Waals surface area (Å²) < 4.78 is 1.46. The van der Waals surface area contributed by atoms with Gasteiger partial charge in [0.25, 0.3) is 0 Å². The van der Waals surface area contributed by atoms with Gasteiger partial charge in [0.15, 0.2) is 0 Å². The smallest absolute Gasteiger partial charge is 0.0389 e. The monoisotopic (exact) mass is 254 g/mol. The largest absolute Gasteiger partial charge is 0.143 e. The molecular formula is C15H10S2. The summed E-state index contributed by atoms with van der Waals surface area (Å²) in [5.41, 5.74) is 2.98. The summed E-state index contributed by atoms with van der Waals surface area (Å²) in [5, 5.41) is 3.57. The summed E-state index contributed by atoms with van der Waals surface area (Å²) in [6.07, 6.45) is 1.08. The lowest BCUT2D eigenvalue weighted by Gasteiger charge is -2.19. The summed E-state index contributed by atoms with van der Waals surface area (Å²) in [7, 11) is 0. The molecule has 4 rings (SSSR count). The minimum absolute atomic E-state index is 1.08. The Kier molecular flexibility index (Phi) is 2.08. The van der Waals surface area contributed by atoms with Crippen molar-refractivity contribution in [3.63, 3.8) is 0 Å². The second-order valence-corrected chi connectivity index (χ2v) is 6.27. The summed E-state index contributed by atoms with van der Waals surface area (Å²) in [5.74, 6) is 0. The molecule has 2 heteroatoms.